The average Bonchev–Trinajstić information content (AvgIpc) is 2.21. The number of fused-ring (bicyclic) bond motifs is 1. The van der Waals surface area contributed by atoms with Crippen molar-refractivity contribution in [1.29, 1.82) is 0 Å². The maximum Gasteiger partial charge on any atom is 0.155 e. The molecule has 0 aromatic rings. The Morgan fingerprint density at radius 1 is 1.50 bits per heavy atom. The molecule has 0 heterocycles. The molecular formula is C14H18O2. The summed E-state index contributed by atoms with van der Waals surface area (Å²) < 4.78 is 0. The Bertz CT molecular complexity index is 378. The zero-order chi connectivity index (χ0) is 11.8. The lowest BCUT2D eigenvalue weighted by Crippen LogP contribution is -2.44. The van der Waals surface area contributed by atoms with Gasteiger partial charge in [-0.15, -0.1) is 6.58 Å². The second kappa shape index (κ2) is 4.00. The molecule has 2 aliphatic rings. The summed E-state index contributed by atoms with van der Waals surface area (Å²) >= 11 is 0. The molecule has 0 aromatic carbocycles. The monoisotopic (exact) mass is 218 g/mol. The van der Waals surface area contributed by atoms with Gasteiger partial charge in [0.05, 0.1) is 5.41 Å². The smallest absolute Gasteiger partial charge is 0.155 e. The summed E-state index contributed by atoms with van der Waals surface area (Å²) in [5, 5.41) is 0. The highest BCUT2D eigenvalue weighted by molar-refractivity contribution is 5.98. The van der Waals surface area contributed by atoms with Crippen LogP contribution in [0.1, 0.15) is 39.0 Å². The number of Topliss-reactive ketones (excluding diaryl/α,β-unsaturated/α-hetero) is 1. The van der Waals surface area contributed by atoms with Gasteiger partial charge >= 0.3 is 0 Å². The molecule has 86 valence electrons. The van der Waals surface area contributed by atoms with Crippen molar-refractivity contribution in [2.45, 2.75) is 39.0 Å². The molecule has 0 radical (unpaired) electrons. The first-order valence-corrected chi connectivity index (χ1v) is 5.99. The van der Waals surface area contributed by atoms with Gasteiger partial charge in [-0.1, -0.05) is 18.6 Å². The minimum Gasteiger partial charge on any atom is -0.299 e. The number of rotatable bonds is 2. The van der Waals surface area contributed by atoms with E-state index in [4.69, 9.17) is 0 Å². The van der Waals surface area contributed by atoms with Crippen LogP contribution >= 0.6 is 0 Å². The van der Waals surface area contributed by atoms with Crippen molar-refractivity contribution in [1.82, 2.24) is 0 Å². The average molecular weight is 218 g/mol. The lowest BCUT2D eigenvalue weighted by atomic mass is 9.57. The van der Waals surface area contributed by atoms with Gasteiger partial charge in [0, 0.05) is 12.8 Å². The Morgan fingerprint density at radius 3 is 2.94 bits per heavy atom. The quantitative estimate of drug-likeness (QED) is 0.668. The Morgan fingerprint density at radius 2 is 2.25 bits per heavy atom. The fourth-order valence-corrected chi connectivity index (χ4v) is 3.26. The number of allylic oxidation sites excluding steroid dienone is 3. The summed E-state index contributed by atoms with van der Waals surface area (Å²) in [5.41, 5.74) is 0.667. The standard InChI is InChI=1S/C14H18O2/c1-3-7-14-10(2)8-12(15)9-11(14)5-4-6-13(14)16/h3,9-10H,1,4-8H2,2H3/t10-,14-/m0/s1. The lowest BCUT2D eigenvalue weighted by molar-refractivity contribution is -0.132. The van der Waals surface area contributed by atoms with Crippen LogP contribution in [0.3, 0.4) is 0 Å². The highest BCUT2D eigenvalue weighted by Gasteiger charge is 2.49. The Labute approximate surface area is 96.4 Å². The molecule has 1 fully saturated rings. The van der Waals surface area contributed by atoms with E-state index in [0.29, 0.717) is 25.0 Å². The number of hydrogen-bond donors (Lipinski definition) is 0. The normalized spacial score (nSPS) is 34.3. The Hall–Kier alpha value is -1.18. The number of carbonyl (C=O) groups is 2. The summed E-state index contributed by atoms with van der Waals surface area (Å²) in [5.74, 6) is 0.618. The van der Waals surface area contributed by atoms with Crippen LogP contribution in [0.2, 0.25) is 0 Å². The predicted octanol–water partition coefficient (Wildman–Crippen LogP) is 2.84. The summed E-state index contributed by atoms with van der Waals surface area (Å²) in [6, 6.07) is 0. The molecule has 0 unspecified atom stereocenters. The molecule has 0 aromatic heterocycles. The first-order chi connectivity index (χ1) is 7.61. The molecule has 2 nitrogen and oxygen atoms in total. The molecule has 2 heteroatoms. The highest BCUT2D eigenvalue weighted by atomic mass is 16.1. The van der Waals surface area contributed by atoms with Crippen molar-refractivity contribution in [3.8, 4) is 0 Å². The maximum absolute atomic E-state index is 12.3. The molecule has 16 heavy (non-hydrogen) atoms. The molecule has 0 N–H and O–H groups in total. The molecule has 1 saturated carbocycles. The SMILES string of the molecule is C=CC[C@@]12C(=O)CCCC1=CC(=O)C[C@@H]2C. The van der Waals surface area contributed by atoms with Crippen LogP contribution in [0.15, 0.2) is 24.3 Å². The first-order valence-electron chi connectivity index (χ1n) is 5.99. The fourth-order valence-electron chi connectivity index (χ4n) is 3.26. The van der Waals surface area contributed by atoms with Crippen LogP contribution in [0.4, 0.5) is 0 Å². The molecular weight excluding hydrogens is 200 g/mol. The first kappa shape index (κ1) is 11.3. The van der Waals surface area contributed by atoms with Crippen LogP contribution in [0, 0.1) is 11.3 Å². The van der Waals surface area contributed by atoms with E-state index in [1.54, 1.807) is 6.08 Å². The predicted molar refractivity (Wildman–Crippen MR) is 63.0 cm³/mol. The van der Waals surface area contributed by atoms with Crippen LogP contribution in [0.25, 0.3) is 0 Å². The van der Waals surface area contributed by atoms with E-state index in [0.717, 1.165) is 18.4 Å². The van der Waals surface area contributed by atoms with Crippen LogP contribution < -0.4 is 0 Å². The van der Waals surface area contributed by atoms with E-state index in [9.17, 15) is 9.59 Å². The fraction of sp³-hybridized carbons (Fsp3) is 0.571. The van der Waals surface area contributed by atoms with Gasteiger partial charge < -0.3 is 0 Å². The van der Waals surface area contributed by atoms with Crippen molar-refractivity contribution in [3.05, 3.63) is 24.3 Å². The van der Waals surface area contributed by atoms with Crippen molar-refractivity contribution in [2.75, 3.05) is 0 Å². The topological polar surface area (TPSA) is 34.1 Å². The number of carbonyl (C=O) groups excluding carboxylic acids is 2. The number of hydrogen-bond acceptors (Lipinski definition) is 2. The second-order valence-corrected chi connectivity index (χ2v) is 4.98. The molecule has 0 bridgehead atoms. The molecule has 2 atom stereocenters. The van der Waals surface area contributed by atoms with E-state index in [1.807, 2.05) is 13.0 Å². The zero-order valence-electron chi connectivity index (χ0n) is 9.79. The van der Waals surface area contributed by atoms with Gasteiger partial charge in [-0.3, -0.25) is 9.59 Å². The Balaban J connectivity index is 2.50. The van der Waals surface area contributed by atoms with Gasteiger partial charge in [-0.2, -0.15) is 0 Å². The van der Waals surface area contributed by atoms with Gasteiger partial charge in [-0.05, 0) is 31.3 Å². The van der Waals surface area contributed by atoms with E-state index in [1.165, 1.54) is 0 Å². The minimum atomic E-state index is -0.395. The van der Waals surface area contributed by atoms with Gasteiger partial charge in [0.1, 0.15) is 5.78 Å². The molecule has 2 rings (SSSR count). The third-order valence-corrected chi connectivity index (χ3v) is 4.07. The van der Waals surface area contributed by atoms with Crippen molar-refractivity contribution >= 4 is 11.6 Å². The molecule has 0 aliphatic heterocycles. The number of ketones is 2. The van der Waals surface area contributed by atoms with Gasteiger partial charge in [0.15, 0.2) is 5.78 Å². The third kappa shape index (κ3) is 1.48. The summed E-state index contributed by atoms with van der Waals surface area (Å²) in [7, 11) is 0. The van der Waals surface area contributed by atoms with Crippen LogP contribution in [0.5, 0.6) is 0 Å². The largest absolute Gasteiger partial charge is 0.299 e. The van der Waals surface area contributed by atoms with E-state index >= 15 is 0 Å². The van der Waals surface area contributed by atoms with Crippen molar-refractivity contribution in [2.24, 2.45) is 11.3 Å². The van der Waals surface area contributed by atoms with Crippen molar-refractivity contribution < 1.29 is 9.59 Å². The highest BCUT2D eigenvalue weighted by Crippen LogP contribution is 2.50. The minimum absolute atomic E-state index is 0.130. The second-order valence-electron chi connectivity index (χ2n) is 4.98. The van der Waals surface area contributed by atoms with Gasteiger partial charge in [-0.25, -0.2) is 0 Å². The molecule has 0 saturated heterocycles. The zero-order valence-corrected chi connectivity index (χ0v) is 9.79. The van der Waals surface area contributed by atoms with Gasteiger partial charge in [0.2, 0.25) is 0 Å². The van der Waals surface area contributed by atoms with Crippen LogP contribution in [-0.4, -0.2) is 11.6 Å². The van der Waals surface area contributed by atoms with Crippen molar-refractivity contribution in [3.63, 3.8) is 0 Å². The molecule has 2 aliphatic carbocycles. The summed E-state index contributed by atoms with van der Waals surface area (Å²) in [6.45, 7) is 5.79. The summed E-state index contributed by atoms with van der Waals surface area (Å²) in [6.07, 6.45) is 7.18. The van der Waals surface area contributed by atoms with Gasteiger partial charge in [0.25, 0.3) is 0 Å². The molecule has 0 spiro atoms. The van der Waals surface area contributed by atoms with Crippen LogP contribution in [-0.2, 0) is 9.59 Å². The Kier molecular flexibility index (Phi) is 2.83. The molecule has 0 amide bonds. The third-order valence-electron chi connectivity index (χ3n) is 4.07. The maximum atomic E-state index is 12.3. The van der Waals surface area contributed by atoms with E-state index in [2.05, 4.69) is 6.58 Å². The lowest BCUT2D eigenvalue weighted by Gasteiger charge is -2.44. The van der Waals surface area contributed by atoms with E-state index < -0.39 is 5.41 Å². The van der Waals surface area contributed by atoms with E-state index in [-0.39, 0.29) is 11.7 Å². The summed E-state index contributed by atoms with van der Waals surface area (Å²) in [4.78, 5) is 23.8.